The predicted molar refractivity (Wildman–Crippen MR) is 79.0 cm³/mol. The van der Waals surface area contributed by atoms with Crippen LogP contribution in [0.3, 0.4) is 0 Å². The molecule has 0 N–H and O–H groups in total. The summed E-state index contributed by atoms with van der Waals surface area (Å²) in [7, 11) is -1.93. The minimum Gasteiger partial charge on any atom is -0.356 e. The molecule has 0 aromatic heterocycles. The van der Waals surface area contributed by atoms with Gasteiger partial charge in [-0.3, -0.25) is 0 Å². The van der Waals surface area contributed by atoms with Crippen LogP contribution in [0.25, 0.3) is 0 Å². The SMILES string of the molecule is C[Si](C)(C)CCOCOCOCC[Si](C)(C)C. The Bertz CT molecular complexity index is 165. The second-order valence-corrected chi connectivity index (χ2v) is 18.1. The summed E-state index contributed by atoms with van der Waals surface area (Å²) in [6, 6.07) is 2.37. The molecule has 0 aliphatic carbocycles. The fourth-order valence-corrected chi connectivity index (χ4v) is 2.54. The first-order valence-electron chi connectivity index (χ1n) is 6.44. The first-order chi connectivity index (χ1) is 7.71. The minimum atomic E-state index is -0.967. The van der Waals surface area contributed by atoms with Crippen LogP contribution in [0.15, 0.2) is 0 Å². The van der Waals surface area contributed by atoms with Crippen molar-refractivity contribution in [2.75, 3.05) is 26.8 Å². The molecule has 0 heterocycles. The highest BCUT2D eigenvalue weighted by Crippen LogP contribution is 2.08. The van der Waals surface area contributed by atoms with Gasteiger partial charge < -0.3 is 14.2 Å². The van der Waals surface area contributed by atoms with Crippen LogP contribution in [-0.4, -0.2) is 42.9 Å². The van der Waals surface area contributed by atoms with E-state index < -0.39 is 16.1 Å². The van der Waals surface area contributed by atoms with Crippen molar-refractivity contribution in [1.29, 1.82) is 0 Å². The third-order valence-electron chi connectivity index (χ3n) is 2.33. The van der Waals surface area contributed by atoms with Gasteiger partial charge in [0, 0.05) is 29.4 Å². The van der Waals surface area contributed by atoms with Gasteiger partial charge in [0.1, 0.15) is 13.6 Å². The van der Waals surface area contributed by atoms with Crippen molar-refractivity contribution in [3.8, 4) is 0 Å². The van der Waals surface area contributed by atoms with Crippen molar-refractivity contribution in [3.63, 3.8) is 0 Å². The van der Waals surface area contributed by atoms with Gasteiger partial charge in [-0.05, 0) is 12.1 Å². The summed E-state index contributed by atoms with van der Waals surface area (Å²) >= 11 is 0. The van der Waals surface area contributed by atoms with Crippen molar-refractivity contribution >= 4 is 16.1 Å². The van der Waals surface area contributed by atoms with Crippen LogP contribution in [0, 0.1) is 0 Å². The zero-order valence-electron chi connectivity index (χ0n) is 12.5. The van der Waals surface area contributed by atoms with Crippen molar-refractivity contribution < 1.29 is 14.2 Å². The Labute approximate surface area is 109 Å². The fraction of sp³-hybridized carbons (Fsp3) is 1.00. The number of rotatable bonds is 10. The second-order valence-electron chi connectivity index (χ2n) is 6.88. The standard InChI is InChI=1S/C12H30O3Si2/c1-16(2,3)9-7-13-11-15-12-14-8-10-17(4,5)6/h7-12H2,1-6H3. The van der Waals surface area contributed by atoms with Gasteiger partial charge in [-0.25, -0.2) is 0 Å². The van der Waals surface area contributed by atoms with Gasteiger partial charge in [0.05, 0.1) is 0 Å². The third kappa shape index (κ3) is 16.3. The summed E-state index contributed by atoms with van der Waals surface area (Å²) in [5.41, 5.74) is 0. The topological polar surface area (TPSA) is 27.7 Å². The van der Waals surface area contributed by atoms with E-state index in [4.69, 9.17) is 14.2 Å². The first kappa shape index (κ1) is 17.3. The van der Waals surface area contributed by atoms with E-state index in [1.807, 2.05) is 0 Å². The molecule has 0 fully saturated rings. The number of hydrogen-bond acceptors (Lipinski definition) is 3. The zero-order chi connectivity index (χ0) is 13.4. The molecule has 0 aromatic carbocycles. The molecule has 5 heteroatoms. The van der Waals surface area contributed by atoms with E-state index in [1.54, 1.807) is 0 Å². The molecule has 0 radical (unpaired) electrons. The van der Waals surface area contributed by atoms with Gasteiger partial charge in [-0.1, -0.05) is 39.3 Å². The Hall–Kier alpha value is 0.314. The largest absolute Gasteiger partial charge is 0.356 e. The summed E-state index contributed by atoms with van der Waals surface area (Å²) in [5.74, 6) is 0. The normalized spacial score (nSPS) is 13.1. The maximum Gasteiger partial charge on any atom is 0.149 e. The molecule has 0 saturated carbocycles. The lowest BCUT2D eigenvalue weighted by Gasteiger charge is -2.16. The van der Waals surface area contributed by atoms with Crippen molar-refractivity contribution in [1.82, 2.24) is 0 Å². The third-order valence-corrected chi connectivity index (χ3v) is 5.73. The molecule has 0 amide bonds. The Morgan fingerprint density at radius 2 is 0.941 bits per heavy atom. The van der Waals surface area contributed by atoms with Gasteiger partial charge >= 0.3 is 0 Å². The van der Waals surface area contributed by atoms with Gasteiger partial charge in [0.15, 0.2) is 0 Å². The number of ether oxygens (including phenoxy) is 3. The lowest BCUT2D eigenvalue weighted by Crippen LogP contribution is -2.23. The molecule has 0 unspecified atom stereocenters. The summed E-state index contributed by atoms with van der Waals surface area (Å²) in [6.07, 6.45) is 0. The quantitative estimate of drug-likeness (QED) is 0.347. The summed E-state index contributed by atoms with van der Waals surface area (Å²) in [4.78, 5) is 0. The summed E-state index contributed by atoms with van der Waals surface area (Å²) in [6.45, 7) is 16.4. The molecule has 0 aromatic rings. The van der Waals surface area contributed by atoms with Crippen molar-refractivity contribution in [2.45, 2.75) is 51.4 Å². The highest BCUT2D eigenvalue weighted by molar-refractivity contribution is 6.76. The minimum absolute atomic E-state index is 0.359. The van der Waals surface area contributed by atoms with Crippen molar-refractivity contribution in [3.05, 3.63) is 0 Å². The van der Waals surface area contributed by atoms with E-state index in [9.17, 15) is 0 Å². The monoisotopic (exact) mass is 278 g/mol. The van der Waals surface area contributed by atoms with Crippen LogP contribution in [0.1, 0.15) is 0 Å². The first-order valence-corrected chi connectivity index (χ1v) is 13.9. The lowest BCUT2D eigenvalue weighted by molar-refractivity contribution is -0.127. The molecule has 3 nitrogen and oxygen atoms in total. The van der Waals surface area contributed by atoms with E-state index in [2.05, 4.69) is 39.3 Å². The van der Waals surface area contributed by atoms with Crippen LogP contribution in [0.4, 0.5) is 0 Å². The van der Waals surface area contributed by atoms with Gasteiger partial charge in [0.25, 0.3) is 0 Å². The molecule has 0 saturated heterocycles. The van der Waals surface area contributed by atoms with E-state index in [0.29, 0.717) is 13.6 Å². The Balaban J connectivity index is 3.15. The highest BCUT2D eigenvalue weighted by atomic mass is 28.3. The molecular formula is C12H30O3Si2. The molecule has 0 aliphatic rings. The Kier molecular flexibility index (Phi) is 8.58. The zero-order valence-corrected chi connectivity index (χ0v) is 14.5. The fourth-order valence-electron chi connectivity index (χ4n) is 1.03. The highest BCUT2D eigenvalue weighted by Gasteiger charge is 2.12. The van der Waals surface area contributed by atoms with Gasteiger partial charge in [-0.15, -0.1) is 0 Å². The average Bonchev–Trinajstić information content (AvgIpc) is 2.11. The van der Waals surface area contributed by atoms with Crippen LogP contribution in [0.5, 0.6) is 0 Å². The molecule has 0 spiro atoms. The molecular weight excluding hydrogens is 248 g/mol. The molecule has 0 bridgehead atoms. The van der Waals surface area contributed by atoms with E-state index in [-0.39, 0.29) is 0 Å². The Morgan fingerprint density at radius 3 is 1.24 bits per heavy atom. The predicted octanol–water partition coefficient (Wildman–Crippen LogP) is 3.63. The maximum absolute atomic E-state index is 5.40. The van der Waals surface area contributed by atoms with Gasteiger partial charge in [-0.2, -0.15) is 0 Å². The van der Waals surface area contributed by atoms with Crippen LogP contribution < -0.4 is 0 Å². The average molecular weight is 279 g/mol. The molecule has 104 valence electrons. The summed E-state index contributed by atoms with van der Waals surface area (Å²) in [5, 5.41) is 0. The van der Waals surface area contributed by atoms with E-state index in [1.165, 1.54) is 12.1 Å². The molecule has 0 atom stereocenters. The Morgan fingerprint density at radius 1 is 0.588 bits per heavy atom. The summed E-state index contributed by atoms with van der Waals surface area (Å²) < 4.78 is 16.0. The van der Waals surface area contributed by atoms with E-state index in [0.717, 1.165) is 13.2 Å². The van der Waals surface area contributed by atoms with Crippen LogP contribution in [-0.2, 0) is 14.2 Å². The molecule has 17 heavy (non-hydrogen) atoms. The van der Waals surface area contributed by atoms with Gasteiger partial charge in [0.2, 0.25) is 0 Å². The smallest absolute Gasteiger partial charge is 0.149 e. The van der Waals surface area contributed by atoms with Crippen molar-refractivity contribution in [2.24, 2.45) is 0 Å². The van der Waals surface area contributed by atoms with E-state index >= 15 is 0 Å². The molecule has 0 rings (SSSR count). The van der Waals surface area contributed by atoms with Crippen LogP contribution in [0.2, 0.25) is 51.4 Å². The van der Waals surface area contributed by atoms with Crippen LogP contribution >= 0.6 is 0 Å². The lowest BCUT2D eigenvalue weighted by atomic mass is 10.8. The number of hydrogen-bond donors (Lipinski definition) is 0. The molecule has 0 aliphatic heterocycles. The second kappa shape index (κ2) is 8.42. The maximum atomic E-state index is 5.40.